The van der Waals surface area contributed by atoms with Crippen LogP contribution in [0.5, 0.6) is 0 Å². The Morgan fingerprint density at radius 1 is 0.151 bits per heavy atom. The fourth-order valence-electron chi connectivity index (χ4n) is 21.4. The van der Waals surface area contributed by atoms with Crippen LogP contribution in [0.1, 0.15) is 0 Å². The van der Waals surface area contributed by atoms with Crippen LogP contribution >= 0.6 is 56.7 Å². The second-order valence-electron chi connectivity index (χ2n) is 36.6. The smallest absolute Gasteiger partial charge is 0.238 e. The summed E-state index contributed by atoms with van der Waals surface area (Å²) >= 11 is 9.26. The first-order valence-electron chi connectivity index (χ1n) is 48.7. The predicted molar refractivity (Wildman–Crippen MR) is 618 cm³/mol. The van der Waals surface area contributed by atoms with Gasteiger partial charge in [0, 0.05) is 178 Å². The molecule has 146 heavy (non-hydrogen) atoms. The third-order valence-electron chi connectivity index (χ3n) is 28.2. The van der Waals surface area contributed by atoms with Crippen LogP contribution in [0.15, 0.2) is 467 Å². The van der Waals surface area contributed by atoms with Gasteiger partial charge in [-0.15, -0.1) is 56.7 Å². The second-order valence-corrected chi connectivity index (χ2v) is 41.9. The molecule has 0 saturated heterocycles. The molecular formula is C130H77N11S5. The molecule has 0 radical (unpaired) electrons. The molecule has 0 aliphatic heterocycles. The number of rotatable bonds is 12. The summed E-state index contributed by atoms with van der Waals surface area (Å²) in [5.74, 6) is 4.56. The zero-order valence-corrected chi connectivity index (χ0v) is 82.0. The number of aromatic nitrogens is 11. The van der Waals surface area contributed by atoms with E-state index in [-0.39, 0.29) is 0 Å². The topological polar surface area (TPSA) is 118 Å². The van der Waals surface area contributed by atoms with Crippen LogP contribution in [0.3, 0.4) is 0 Å². The number of fused-ring (bicyclic) bond motifs is 26. The highest BCUT2D eigenvalue weighted by Gasteiger charge is 2.28. The Bertz CT molecular complexity index is 10500. The minimum Gasteiger partial charge on any atom is -0.309 e. The molecule has 31 rings (SSSR count). The van der Waals surface area contributed by atoms with Gasteiger partial charge in [-0.3, -0.25) is 9.13 Å². The molecule has 0 aliphatic rings. The fraction of sp³-hybridized carbons (Fsp3) is 0. The van der Waals surface area contributed by atoms with Crippen molar-refractivity contribution in [3.63, 3.8) is 0 Å². The Kier molecular flexibility index (Phi) is 20.3. The van der Waals surface area contributed by atoms with Gasteiger partial charge in [-0.05, 0) is 119 Å². The van der Waals surface area contributed by atoms with Crippen LogP contribution in [0, 0.1) is 0 Å². The van der Waals surface area contributed by atoms with E-state index in [1.165, 1.54) is 161 Å². The van der Waals surface area contributed by atoms with Gasteiger partial charge in [0.25, 0.3) is 0 Å². The summed E-state index contributed by atoms with van der Waals surface area (Å²) in [7, 11) is 0. The van der Waals surface area contributed by atoms with Crippen molar-refractivity contribution in [2.45, 2.75) is 0 Å². The average molecular weight is 1950 g/mol. The van der Waals surface area contributed by atoms with Gasteiger partial charge >= 0.3 is 0 Å². The Hall–Kier alpha value is -18.0. The molecule has 0 amide bonds. The van der Waals surface area contributed by atoms with Crippen LogP contribution in [0.2, 0.25) is 0 Å². The fourth-order valence-corrected chi connectivity index (χ4v) is 27.7. The molecule has 20 aromatic carbocycles. The molecule has 11 heterocycles. The first-order valence-corrected chi connectivity index (χ1v) is 52.7. The minimum atomic E-state index is 0.598. The van der Waals surface area contributed by atoms with Gasteiger partial charge in [-0.25, -0.2) is 29.9 Å². The van der Waals surface area contributed by atoms with Crippen LogP contribution in [-0.4, -0.2) is 53.6 Å². The summed E-state index contributed by atoms with van der Waals surface area (Å²) in [5, 5.41) is 20.1. The lowest BCUT2D eigenvalue weighted by Gasteiger charge is -2.12. The summed E-state index contributed by atoms with van der Waals surface area (Å²) in [6, 6.07) is 165. The van der Waals surface area contributed by atoms with Crippen LogP contribution < -0.4 is 0 Å². The van der Waals surface area contributed by atoms with Crippen molar-refractivity contribution in [3.8, 4) is 119 Å². The maximum Gasteiger partial charge on any atom is 0.238 e. The molecule has 0 spiro atoms. The van der Waals surface area contributed by atoms with E-state index < -0.39 is 0 Å². The Morgan fingerprint density at radius 2 is 0.479 bits per heavy atom. The highest BCUT2D eigenvalue weighted by molar-refractivity contribution is 7.28. The van der Waals surface area contributed by atoms with Crippen molar-refractivity contribution in [3.05, 3.63) is 467 Å². The number of hydrogen-bond acceptors (Lipinski definition) is 13. The molecule has 11 nitrogen and oxygen atoms in total. The maximum atomic E-state index is 5.30. The molecular weight excluding hydrogens is 1880 g/mol. The van der Waals surface area contributed by atoms with E-state index in [4.69, 9.17) is 39.9 Å². The van der Waals surface area contributed by atoms with Gasteiger partial charge < -0.3 is 4.57 Å². The highest BCUT2D eigenvalue weighted by atomic mass is 32.1. The Balaban J connectivity index is 0.000000104. The molecule has 0 N–H and O–H groups in total. The van der Waals surface area contributed by atoms with Gasteiger partial charge in [-0.1, -0.05) is 370 Å². The van der Waals surface area contributed by atoms with E-state index in [2.05, 4.69) is 372 Å². The summed E-state index contributed by atoms with van der Waals surface area (Å²) in [6.45, 7) is 0. The number of thiophene rings is 5. The molecule has 0 saturated carbocycles. The third kappa shape index (κ3) is 14.3. The van der Waals surface area contributed by atoms with Crippen LogP contribution in [-0.2, 0) is 0 Å². The molecule has 0 atom stereocenters. The number of hydrogen-bond donors (Lipinski definition) is 0. The quantitative estimate of drug-likeness (QED) is 0.119. The zero-order valence-electron chi connectivity index (χ0n) is 77.9. The number of para-hydroxylation sites is 2. The molecule has 0 aliphatic carbocycles. The largest absolute Gasteiger partial charge is 0.309 e. The number of benzene rings is 20. The van der Waals surface area contributed by atoms with Gasteiger partial charge in [-0.2, -0.15) is 9.97 Å². The monoisotopic (exact) mass is 1950 g/mol. The normalized spacial score (nSPS) is 11.8. The predicted octanol–water partition coefficient (Wildman–Crippen LogP) is 36.4. The van der Waals surface area contributed by atoms with Crippen molar-refractivity contribution in [2.75, 3.05) is 0 Å². The molecule has 0 bridgehead atoms. The lowest BCUT2D eigenvalue weighted by Crippen LogP contribution is -2.06. The second kappa shape index (κ2) is 35.0. The van der Waals surface area contributed by atoms with E-state index in [1.54, 1.807) is 11.3 Å². The highest BCUT2D eigenvalue weighted by Crippen LogP contribution is 2.52. The molecule has 0 fully saturated rings. The molecule has 11 aromatic heterocycles. The van der Waals surface area contributed by atoms with Gasteiger partial charge in [0.1, 0.15) is 0 Å². The lowest BCUT2D eigenvalue weighted by molar-refractivity contribution is 0.954. The SMILES string of the molecule is c1ccc(-c2cc(-c3ccccc3)nc(-n3c4ccc(-c5cccc6c5sc5ccccc56)cc4c4c5sc6ccccc6c5ccc43)n2)cc1.c1ccc(-c2nc(-c3ccccc3)nc(-c3cccc4c3sc3cc5c6ccccc6n(-c6ccccc6)c5cc34)n2)cc1.c1ccc(-c2nc(-c3ccccc3)nc(-n3c4cc(-c5cccc6c5sc5ccccc56)ccc4c4c5sc6ccccc6c5ccc43)n2)cc1. The summed E-state index contributed by atoms with van der Waals surface area (Å²) < 4.78 is 19.7. The molecule has 682 valence electrons. The maximum absolute atomic E-state index is 5.30. The Labute approximate surface area is 855 Å². The standard InChI is InChI=1S/C46H27N3S2.C45H26N4S2.C39H24N4S/c1-3-12-28(13-4-1)37-27-38(29-14-5-2-6-15-29)48-46(47-37)49-39-24-22-30(31-18-11-19-34-32-16-7-9-20-41(32)50-44(31)34)26-36(39)43-40(49)25-23-35-33-17-8-10-21-42(33)51-45(35)43;1-3-12-27(13-4-1)43-46-44(28-14-5-2-6-15-28)48-45(47-43)49-36-25-24-34-32-17-8-10-21-39(32)51-42(34)40(36)35-23-22-29(26-37(35)49)30-18-11-19-33-31-16-7-9-20-38(31)50-41(30)33;1-4-13-25(14-5-1)37-40-38(26-15-6-2-7-16-26)42-39(41-37)30-21-12-20-29-32-23-34-31(24-35(32)44-36(29)30)28-19-10-11-22-33(28)43(34)27-17-8-3-9-18-27/h1-27H;1-26H;1-24H. The van der Waals surface area contributed by atoms with Crippen molar-refractivity contribution >= 4 is 223 Å². The third-order valence-corrected chi connectivity index (χ3v) is 34.2. The van der Waals surface area contributed by atoms with Crippen molar-refractivity contribution < 1.29 is 0 Å². The van der Waals surface area contributed by atoms with Gasteiger partial charge in [0.15, 0.2) is 29.1 Å². The van der Waals surface area contributed by atoms with E-state index in [9.17, 15) is 0 Å². The minimum absolute atomic E-state index is 0.598. The summed E-state index contributed by atoms with van der Waals surface area (Å²) in [5.41, 5.74) is 21.5. The molecule has 31 aromatic rings. The Morgan fingerprint density at radius 3 is 0.973 bits per heavy atom. The van der Waals surface area contributed by atoms with E-state index >= 15 is 0 Å². The zero-order chi connectivity index (χ0) is 96.0. The van der Waals surface area contributed by atoms with Gasteiger partial charge in [0.05, 0.1) is 44.5 Å². The summed E-state index contributed by atoms with van der Waals surface area (Å²) in [4.78, 5) is 41.0. The van der Waals surface area contributed by atoms with E-state index in [0.29, 0.717) is 41.0 Å². The average Bonchev–Trinajstić information content (AvgIpc) is 1.56. The van der Waals surface area contributed by atoms with Crippen molar-refractivity contribution in [1.29, 1.82) is 0 Å². The molecule has 16 heteroatoms. The first kappa shape index (κ1) is 84.8. The van der Waals surface area contributed by atoms with E-state index in [1.807, 2.05) is 155 Å². The first-order chi connectivity index (χ1) is 72.4. The number of nitrogens with zero attached hydrogens (tertiary/aromatic N) is 11. The van der Waals surface area contributed by atoms with Gasteiger partial charge in [0.2, 0.25) is 11.9 Å². The van der Waals surface area contributed by atoms with Crippen LogP contribution in [0.4, 0.5) is 0 Å². The van der Waals surface area contributed by atoms with Crippen LogP contribution in [0.25, 0.3) is 286 Å². The van der Waals surface area contributed by atoms with E-state index in [0.717, 1.165) is 83.6 Å². The van der Waals surface area contributed by atoms with Crippen molar-refractivity contribution in [1.82, 2.24) is 53.6 Å². The van der Waals surface area contributed by atoms with Crippen molar-refractivity contribution in [2.24, 2.45) is 0 Å². The summed E-state index contributed by atoms with van der Waals surface area (Å²) in [6.07, 6.45) is 0. The molecule has 0 unspecified atom stereocenters. The lowest BCUT2D eigenvalue weighted by atomic mass is 10.00.